The number of aromatic nitrogens is 1. The van der Waals surface area contributed by atoms with Gasteiger partial charge in [0.2, 0.25) is 14.2 Å². The molecule has 1 aromatic heterocycles. The van der Waals surface area contributed by atoms with Gasteiger partial charge in [-0.25, -0.2) is 17.8 Å². The first-order valence-electron chi connectivity index (χ1n) is 8.84. The molecule has 0 aliphatic heterocycles. The number of hydrogen-bond acceptors (Lipinski definition) is 6. The first kappa shape index (κ1) is 23.1. The number of thiazole rings is 1. The summed E-state index contributed by atoms with van der Waals surface area (Å²) in [7, 11) is -4.02. The lowest BCUT2D eigenvalue weighted by molar-refractivity contribution is 0.133. The smallest absolute Gasteiger partial charge is 0.301 e. The number of benzene rings is 1. The minimum Gasteiger partial charge on any atom is -0.395 e. The van der Waals surface area contributed by atoms with Crippen LogP contribution in [0.25, 0.3) is 0 Å². The average molecular weight is 447 g/mol. The van der Waals surface area contributed by atoms with Gasteiger partial charge in [0, 0.05) is 18.2 Å². The van der Waals surface area contributed by atoms with E-state index in [-0.39, 0.29) is 4.34 Å². The molecule has 1 heterocycles. The molecular formula is C19H21F3N2O3S2. The lowest BCUT2D eigenvalue weighted by Gasteiger charge is -2.06. The zero-order chi connectivity index (χ0) is 21.4. The third-order valence-electron chi connectivity index (χ3n) is 3.77. The summed E-state index contributed by atoms with van der Waals surface area (Å²) in [4.78, 5) is 9.71. The van der Waals surface area contributed by atoms with Gasteiger partial charge in [-0.15, -0.1) is 11.3 Å². The Balaban J connectivity index is 2.26. The van der Waals surface area contributed by atoms with Crippen molar-refractivity contribution in [2.24, 2.45) is 11.1 Å². The number of allylic oxidation sites excluding steroid dienone is 1. The molecule has 0 aliphatic rings. The molecule has 29 heavy (non-hydrogen) atoms. The van der Waals surface area contributed by atoms with Crippen LogP contribution < -0.4 is 0 Å². The second kappa shape index (κ2) is 10.5. The van der Waals surface area contributed by atoms with Crippen LogP contribution in [0.4, 0.5) is 13.2 Å². The summed E-state index contributed by atoms with van der Waals surface area (Å²) in [5, 5.41) is 4.15. The van der Waals surface area contributed by atoms with Gasteiger partial charge in [-0.2, -0.15) is 8.78 Å². The van der Waals surface area contributed by atoms with Crippen molar-refractivity contribution in [2.75, 3.05) is 12.4 Å². The topological polar surface area (TPSA) is 68.6 Å². The van der Waals surface area contributed by atoms with Gasteiger partial charge < -0.3 is 4.84 Å². The third kappa shape index (κ3) is 6.97. The molecule has 0 saturated heterocycles. The van der Waals surface area contributed by atoms with Gasteiger partial charge in [0.15, 0.2) is 5.83 Å². The highest BCUT2D eigenvalue weighted by Gasteiger charge is 2.23. The summed E-state index contributed by atoms with van der Waals surface area (Å²) < 4.78 is 61.6. The van der Waals surface area contributed by atoms with E-state index in [1.807, 2.05) is 6.07 Å². The second-order valence-corrected chi connectivity index (χ2v) is 9.86. The van der Waals surface area contributed by atoms with Crippen LogP contribution in [0.1, 0.15) is 37.1 Å². The molecule has 0 amide bonds. The first-order chi connectivity index (χ1) is 13.7. The van der Waals surface area contributed by atoms with E-state index in [1.54, 1.807) is 24.3 Å². The molecule has 2 aromatic rings. The molecule has 10 heteroatoms. The Morgan fingerprint density at radius 3 is 2.52 bits per heavy atom. The van der Waals surface area contributed by atoms with E-state index in [4.69, 9.17) is 4.84 Å². The SMILES string of the molecule is CC(C)CCO/N=C(\c1ccccc1)c1cnc(S(=O)(=O)CCC(F)=C(F)F)s1. The summed E-state index contributed by atoms with van der Waals surface area (Å²) in [6.45, 7) is 4.51. The molecule has 0 aliphatic carbocycles. The zero-order valence-electron chi connectivity index (χ0n) is 15.9. The highest BCUT2D eigenvalue weighted by Crippen LogP contribution is 2.25. The van der Waals surface area contributed by atoms with Crippen LogP contribution >= 0.6 is 11.3 Å². The van der Waals surface area contributed by atoms with Crippen molar-refractivity contribution in [3.63, 3.8) is 0 Å². The standard InChI is InChI=1S/C19H21F3N2O3S2/c1-13(2)8-10-27-24-17(14-6-4-3-5-7-14)16-12-23-19(28-16)29(25,26)11-9-15(20)18(21)22/h3-7,12-13H,8-11H2,1-2H3/b24-17+. The molecule has 0 atom stereocenters. The van der Waals surface area contributed by atoms with E-state index >= 15 is 0 Å². The number of halogens is 3. The molecular weight excluding hydrogens is 425 g/mol. The van der Waals surface area contributed by atoms with Crippen molar-refractivity contribution in [2.45, 2.75) is 31.0 Å². The normalized spacial score (nSPS) is 12.3. The molecule has 0 N–H and O–H groups in total. The number of oxime groups is 1. The number of sulfone groups is 1. The van der Waals surface area contributed by atoms with Crippen LogP contribution in [0, 0.1) is 5.92 Å². The fraction of sp³-hybridized carbons (Fsp3) is 0.368. The van der Waals surface area contributed by atoms with E-state index < -0.39 is 33.9 Å². The third-order valence-corrected chi connectivity index (χ3v) is 6.96. The molecule has 1 aromatic carbocycles. The second-order valence-electron chi connectivity index (χ2n) is 6.55. The van der Waals surface area contributed by atoms with E-state index in [9.17, 15) is 21.6 Å². The quantitative estimate of drug-likeness (QED) is 0.286. The summed E-state index contributed by atoms with van der Waals surface area (Å²) >= 11 is 0.831. The fourth-order valence-corrected chi connectivity index (χ4v) is 4.67. The Bertz CT molecular complexity index is 968. The predicted molar refractivity (Wildman–Crippen MR) is 107 cm³/mol. The number of rotatable bonds is 10. The van der Waals surface area contributed by atoms with Crippen LogP contribution in [0.3, 0.4) is 0 Å². The van der Waals surface area contributed by atoms with Crippen LogP contribution in [0.15, 0.2) is 57.9 Å². The summed E-state index contributed by atoms with van der Waals surface area (Å²) in [6.07, 6.45) is -1.29. The molecule has 0 fully saturated rings. The summed E-state index contributed by atoms with van der Waals surface area (Å²) in [5.74, 6) is -2.10. The molecule has 2 rings (SSSR count). The first-order valence-corrected chi connectivity index (χ1v) is 11.3. The highest BCUT2D eigenvalue weighted by molar-refractivity contribution is 7.93. The van der Waals surface area contributed by atoms with Crippen LogP contribution in [-0.2, 0) is 14.7 Å². The largest absolute Gasteiger partial charge is 0.395 e. The predicted octanol–water partition coefficient (Wildman–Crippen LogP) is 5.20. The Kier molecular flexibility index (Phi) is 8.39. The van der Waals surface area contributed by atoms with Gasteiger partial charge >= 0.3 is 6.08 Å². The maximum atomic E-state index is 13.0. The van der Waals surface area contributed by atoms with Crippen molar-refractivity contribution < 1.29 is 26.4 Å². The van der Waals surface area contributed by atoms with E-state index in [1.165, 1.54) is 6.20 Å². The van der Waals surface area contributed by atoms with E-state index in [2.05, 4.69) is 24.0 Å². The Labute approximate surface area is 171 Å². The minimum absolute atomic E-state index is 0.287. The molecule has 0 bridgehead atoms. The Morgan fingerprint density at radius 2 is 1.90 bits per heavy atom. The lowest BCUT2D eigenvalue weighted by atomic mass is 10.1. The van der Waals surface area contributed by atoms with Crippen LogP contribution in [-0.4, -0.2) is 31.5 Å². The zero-order valence-corrected chi connectivity index (χ0v) is 17.6. The molecule has 5 nitrogen and oxygen atoms in total. The molecule has 0 saturated carbocycles. The van der Waals surface area contributed by atoms with E-state index in [0.29, 0.717) is 28.7 Å². The molecule has 0 radical (unpaired) electrons. The fourth-order valence-electron chi connectivity index (χ4n) is 2.15. The summed E-state index contributed by atoms with van der Waals surface area (Å²) in [5.41, 5.74) is 1.12. The van der Waals surface area contributed by atoms with Crippen molar-refractivity contribution in [3.8, 4) is 0 Å². The molecule has 158 valence electrons. The number of nitrogens with zero attached hydrogens (tertiary/aromatic N) is 2. The van der Waals surface area contributed by atoms with Crippen molar-refractivity contribution in [1.29, 1.82) is 0 Å². The van der Waals surface area contributed by atoms with Crippen LogP contribution in [0.2, 0.25) is 0 Å². The van der Waals surface area contributed by atoms with E-state index in [0.717, 1.165) is 17.8 Å². The maximum Gasteiger partial charge on any atom is 0.301 e. The van der Waals surface area contributed by atoms with Gasteiger partial charge in [0.25, 0.3) is 0 Å². The molecule has 0 unspecified atom stereocenters. The van der Waals surface area contributed by atoms with Gasteiger partial charge in [0.05, 0.1) is 10.6 Å². The lowest BCUT2D eigenvalue weighted by Crippen LogP contribution is -2.06. The monoisotopic (exact) mass is 446 g/mol. The van der Waals surface area contributed by atoms with Gasteiger partial charge in [-0.3, -0.25) is 0 Å². The van der Waals surface area contributed by atoms with Crippen LogP contribution in [0.5, 0.6) is 0 Å². The summed E-state index contributed by atoms with van der Waals surface area (Å²) in [6, 6.07) is 9.03. The van der Waals surface area contributed by atoms with Crippen molar-refractivity contribution in [3.05, 3.63) is 58.9 Å². The molecule has 0 spiro atoms. The van der Waals surface area contributed by atoms with Crippen molar-refractivity contribution in [1.82, 2.24) is 4.98 Å². The van der Waals surface area contributed by atoms with Gasteiger partial charge in [-0.05, 0) is 12.3 Å². The maximum absolute atomic E-state index is 13.0. The Hall–Kier alpha value is -2.20. The average Bonchev–Trinajstić information content (AvgIpc) is 3.17. The Morgan fingerprint density at radius 1 is 1.21 bits per heavy atom. The number of hydrogen-bond donors (Lipinski definition) is 0. The van der Waals surface area contributed by atoms with Gasteiger partial charge in [0.1, 0.15) is 12.3 Å². The minimum atomic E-state index is -4.02. The highest BCUT2D eigenvalue weighted by atomic mass is 32.2. The van der Waals surface area contributed by atoms with Crippen molar-refractivity contribution >= 4 is 26.9 Å². The van der Waals surface area contributed by atoms with Gasteiger partial charge in [-0.1, -0.05) is 49.3 Å².